The first kappa shape index (κ1) is 14.7. The Bertz CT molecular complexity index is 427. The van der Waals surface area contributed by atoms with Crippen molar-refractivity contribution < 1.29 is 9.53 Å². The van der Waals surface area contributed by atoms with Crippen molar-refractivity contribution in [2.75, 3.05) is 39.0 Å². The molecular weight excluding hydrogens is 256 g/mol. The standard InChI is InChI=1S/C14H22N4O2/c1-18(2)10-13(19)17-11-3-4-14(16-9-11)20-12-5-7-15-8-6-12/h3-4,9,12,15H,5-8,10H2,1-2H3,(H,17,19). The van der Waals surface area contributed by atoms with E-state index in [9.17, 15) is 4.79 Å². The number of aromatic nitrogens is 1. The molecule has 20 heavy (non-hydrogen) atoms. The molecule has 1 saturated heterocycles. The van der Waals surface area contributed by atoms with Crippen LogP contribution in [0.2, 0.25) is 0 Å². The van der Waals surface area contributed by atoms with E-state index >= 15 is 0 Å². The number of hydrogen-bond acceptors (Lipinski definition) is 5. The number of hydrogen-bond donors (Lipinski definition) is 2. The predicted octanol–water partition coefficient (Wildman–Crippen LogP) is 0.712. The van der Waals surface area contributed by atoms with Gasteiger partial charge in [0.15, 0.2) is 0 Å². The van der Waals surface area contributed by atoms with E-state index in [-0.39, 0.29) is 12.0 Å². The van der Waals surface area contributed by atoms with Gasteiger partial charge in [0.25, 0.3) is 0 Å². The van der Waals surface area contributed by atoms with Gasteiger partial charge >= 0.3 is 0 Å². The quantitative estimate of drug-likeness (QED) is 0.830. The molecule has 2 heterocycles. The second kappa shape index (κ2) is 7.21. The van der Waals surface area contributed by atoms with Crippen molar-refractivity contribution in [2.24, 2.45) is 0 Å². The van der Waals surface area contributed by atoms with E-state index in [2.05, 4.69) is 15.6 Å². The van der Waals surface area contributed by atoms with Crippen molar-refractivity contribution >= 4 is 11.6 Å². The smallest absolute Gasteiger partial charge is 0.238 e. The summed E-state index contributed by atoms with van der Waals surface area (Å²) >= 11 is 0. The van der Waals surface area contributed by atoms with Gasteiger partial charge in [-0.05, 0) is 46.1 Å². The van der Waals surface area contributed by atoms with Crippen LogP contribution in [-0.2, 0) is 4.79 Å². The van der Waals surface area contributed by atoms with Crippen LogP contribution in [0.15, 0.2) is 18.3 Å². The molecule has 1 aliphatic rings. The number of amides is 1. The summed E-state index contributed by atoms with van der Waals surface area (Å²) in [6.45, 7) is 2.33. The van der Waals surface area contributed by atoms with Crippen LogP contribution in [0.4, 0.5) is 5.69 Å². The summed E-state index contributed by atoms with van der Waals surface area (Å²) in [6.07, 6.45) is 3.87. The summed E-state index contributed by atoms with van der Waals surface area (Å²) in [4.78, 5) is 17.7. The molecule has 0 radical (unpaired) electrons. The molecule has 2 N–H and O–H groups in total. The van der Waals surface area contributed by atoms with Crippen LogP contribution in [0, 0.1) is 0 Å². The summed E-state index contributed by atoms with van der Waals surface area (Å²) in [5.74, 6) is 0.561. The average molecular weight is 278 g/mol. The molecule has 2 rings (SSSR count). The van der Waals surface area contributed by atoms with Crippen molar-refractivity contribution in [1.82, 2.24) is 15.2 Å². The number of rotatable bonds is 5. The fourth-order valence-electron chi connectivity index (χ4n) is 2.10. The highest BCUT2D eigenvalue weighted by Gasteiger charge is 2.14. The summed E-state index contributed by atoms with van der Waals surface area (Å²) in [6, 6.07) is 3.62. The number of nitrogens with one attached hydrogen (secondary N) is 2. The van der Waals surface area contributed by atoms with Crippen LogP contribution >= 0.6 is 0 Å². The number of likely N-dealkylation sites (N-methyl/N-ethyl adjacent to an activating group) is 1. The first-order chi connectivity index (χ1) is 9.63. The second-order valence-electron chi connectivity index (χ2n) is 5.24. The minimum absolute atomic E-state index is 0.0520. The molecule has 1 aromatic rings. The number of anilines is 1. The lowest BCUT2D eigenvalue weighted by atomic mass is 10.1. The lowest BCUT2D eigenvalue weighted by Gasteiger charge is -2.23. The van der Waals surface area contributed by atoms with Crippen LogP contribution in [0.5, 0.6) is 5.88 Å². The Morgan fingerprint density at radius 1 is 1.45 bits per heavy atom. The Morgan fingerprint density at radius 3 is 2.80 bits per heavy atom. The number of carbonyl (C=O) groups is 1. The number of pyridine rings is 1. The summed E-state index contributed by atoms with van der Waals surface area (Å²) in [5.41, 5.74) is 0.689. The minimum atomic E-state index is -0.0520. The maximum Gasteiger partial charge on any atom is 0.238 e. The molecule has 0 saturated carbocycles. The fourth-order valence-corrected chi connectivity index (χ4v) is 2.10. The van der Waals surface area contributed by atoms with Crippen LogP contribution in [-0.4, -0.2) is 55.6 Å². The summed E-state index contributed by atoms with van der Waals surface area (Å²) < 4.78 is 5.81. The topological polar surface area (TPSA) is 66.5 Å². The first-order valence-electron chi connectivity index (χ1n) is 6.91. The minimum Gasteiger partial charge on any atom is -0.474 e. The third-order valence-electron chi connectivity index (χ3n) is 3.05. The summed E-state index contributed by atoms with van der Waals surface area (Å²) in [5, 5.41) is 6.09. The van der Waals surface area contributed by atoms with Gasteiger partial charge in [-0.3, -0.25) is 4.79 Å². The van der Waals surface area contributed by atoms with E-state index in [1.807, 2.05) is 25.1 Å². The van der Waals surface area contributed by atoms with Gasteiger partial charge in [0, 0.05) is 6.07 Å². The zero-order valence-electron chi connectivity index (χ0n) is 12.1. The first-order valence-corrected chi connectivity index (χ1v) is 6.91. The van der Waals surface area contributed by atoms with Gasteiger partial charge in [-0.2, -0.15) is 0 Å². The van der Waals surface area contributed by atoms with Crippen molar-refractivity contribution in [3.63, 3.8) is 0 Å². The van der Waals surface area contributed by atoms with Crippen LogP contribution in [0.1, 0.15) is 12.8 Å². The van der Waals surface area contributed by atoms with Crippen LogP contribution < -0.4 is 15.4 Å². The highest BCUT2D eigenvalue weighted by atomic mass is 16.5. The molecule has 1 aromatic heterocycles. The molecule has 1 amide bonds. The molecule has 0 spiro atoms. The predicted molar refractivity (Wildman–Crippen MR) is 77.9 cm³/mol. The monoisotopic (exact) mass is 278 g/mol. The third-order valence-corrected chi connectivity index (χ3v) is 3.05. The molecule has 0 aliphatic carbocycles. The number of piperidine rings is 1. The zero-order valence-corrected chi connectivity index (χ0v) is 12.1. The molecule has 6 heteroatoms. The molecule has 0 unspecified atom stereocenters. The van der Waals surface area contributed by atoms with Gasteiger partial charge in [-0.25, -0.2) is 4.98 Å². The van der Waals surface area contributed by atoms with Crippen LogP contribution in [0.25, 0.3) is 0 Å². The molecule has 6 nitrogen and oxygen atoms in total. The SMILES string of the molecule is CN(C)CC(=O)Nc1ccc(OC2CCNCC2)nc1. The van der Waals surface area contributed by atoms with Crippen molar-refractivity contribution in [2.45, 2.75) is 18.9 Å². The lowest BCUT2D eigenvalue weighted by molar-refractivity contribution is -0.116. The Balaban J connectivity index is 1.84. The van der Waals surface area contributed by atoms with Gasteiger partial charge in [0.2, 0.25) is 11.8 Å². The maximum atomic E-state index is 11.6. The lowest BCUT2D eigenvalue weighted by Crippen LogP contribution is -2.34. The third kappa shape index (κ3) is 4.79. The van der Waals surface area contributed by atoms with E-state index in [1.54, 1.807) is 12.3 Å². The number of carbonyl (C=O) groups excluding carboxylic acids is 1. The highest BCUT2D eigenvalue weighted by molar-refractivity contribution is 5.92. The largest absolute Gasteiger partial charge is 0.474 e. The zero-order chi connectivity index (χ0) is 14.4. The van der Waals surface area contributed by atoms with Gasteiger partial charge in [-0.1, -0.05) is 0 Å². The maximum absolute atomic E-state index is 11.6. The van der Waals surface area contributed by atoms with Gasteiger partial charge in [-0.15, -0.1) is 0 Å². The Hall–Kier alpha value is -1.66. The molecule has 1 fully saturated rings. The Morgan fingerprint density at radius 2 is 2.20 bits per heavy atom. The van der Waals surface area contributed by atoms with Crippen LogP contribution in [0.3, 0.4) is 0 Å². The van der Waals surface area contributed by atoms with Gasteiger partial charge in [0.1, 0.15) is 6.10 Å². The van der Waals surface area contributed by atoms with E-state index < -0.39 is 0 Å². The normalized spacial score (nSPS) is 16.1. The fraction of sp³-hybridized carbons (Fsp3) is 0.571. The molecule has 1 aliphatic heterocycles. The van der Waals surface area contributed by atoms with E-state index in [1.165, 1.54) is 0 Å². The van der Waals surface area contributed by atoms with Gasteiger partial charge < -0.3 is 20.3 Å². The molecular formula is C14H22N4O2. The molecule has 110 valence electrons. The summed E-state index contributed by atoms with van der Waals surface area (Å²) in [7, 11) is 3.71. The van der Waals surface area contributed by atoms with Crippen molar-refractivity contribution in [3.05, 3.63) is 18.3 Å². The number of ether oxygens (including phenoxy) is 1. The second-order valence-corrected chi connectivity index (χ2v) is 5.24. The number of nitrogens with zero attached hydrogens (tertiary/aromatic N) is 2. The molecule has 0 aromatic carbocycles. The van der Waals surface area contributed by atoms with Crippen molar-refractivity contribution in [3.8, 4) is 5.88 Å². The van der Waals surface area contributed by atoms with E-state index in [4.69, 9.17) is 4.74 Å². The van der Waals surface area contributed by atoms with Crippen molar-refractivity contribution in [1.29, 1.82) is 0 Å². The molecule has 0 bridgehead atoms. The van der Waals surface area contributed by atoms with Gasteiger partial charge in [0.05, 0.1) is 18.4 Å². The Labute approximate surface area is 119 Å². The van der Waals surface area contributed by atoms with E-state index in [0.29, 0.717) is 18.1 Å². The highest BCUT2D eigenvalue weighted by Crippen LogP contribution is 2.16. The Kier molecular flexibility index (Phi) is 5.31. The van der Waals surface area contributed by atoms with E-state index in [0.717, 1.165) is 25.9 Å². The molecule has 0 atom stereocenters. The average Bonchev–Trinajstić information content (AvgIpc) is 2.41.